The van der Waals surface area contributed by atoms with Crippen molar-refractivity contribution >= 4 is 23.2 Å². The number of nitrogens with one attached hydrogen (secondary N) is 2. The van der Waals surface area contributed by atoms with E-state index in [4.69, 9.17) is 16.0 Å². The third-order valence-electron chi connectivity index (χ3n) is 4.90. The molecule has 0 saturated carbocycles. The number of rotatable bonds is 8. The summed E-state index contributed by atoms with van der Waals surface area (Å²) in [6.07, 6.45) is 1.49. The molecule has 0 atom stereocenters. The molecule has 33 heavy (non-hydrogen) atoms. The Kier molecular flexibility index (Phi) is 6.77. The van der Waals surface area contributed by atoms with Crippen LogP contribution < -0.4 is 11.1 Å². The zero-order chi connectivity index (χ0) is 23.0. The molecule has 0 spiro atoms. The summed E-state index contributed by atoms with van der Waals surface area (Å²) in [4.78, 5) is 21.0. The van der Waals surface area contributed by atoms with Gasteiger partial charge in [-0.25, -0.2) is 15.5 Å². The van der Waals surface area contributed by atoms with Crippen molar-refractivity contribution in [3.05, 3.63) is 102 Å². The summed E-state index contributed by atoms with van der Waals surface area (Å²) in [6.45, 7) is 1.03. The van der Waals surface area contributed by atoms with Gasteiger partial charge in [0.1, 0.15) is 0 Å². The van der Waals surface area contributed by atoms with Gasteiger partial charge >= 0.3 is 0 Å². The highest BCUT2D eigenvalue weighted by Gasteiger charge is 2.10. The van der Waals surface area contributed by atoms with E-state index in [2.05, 4.69) is 20.4 Å². The third-order valence-corrected chi connectivity index (χ3v) is 4.90. The lowest BCUT2D eigenvalue weighted by molar-refractivity contribution is 0.102. The summed E-state index contributed by atoms with van der Waals surface area (Å²) in [5, 5.41) is 6.17. The molecule has 0 bridgehead atoms. The Balaban J connectivity index is 0.00000216. The molecule has 1 heterocycles. The summed E-state index contributed by atoms with van der Waals surface area (Å²) < 4.78 is 5.75. The van der Waals surface area contributed by atoms with Crippen molar-refractivity contribution in [3.63, 3.8) is 0 Å². The molecule has 0 aliphatic heterocycles. The van der Waals surface area contributed by atoms with E-state index in [1.54, 1.807) is 24.3 Å². The van der Waals surface area contributed by atoms with E-state index in [9.17, 15) is 4.79 Å². The number of amides is 1. The minimum absolute atomic E-state index is 0. The van der Waals surface area contributed by atoms with Crippen molar-refractivity contribution in [2.24, 2.45) is 5.11 Å². The topological polar surface area (TPSA) is 126 Å². The maximum atomic E-state index is 12.7. The van der Waals surface area contributed by atoms with Crippen LogP contribution in [0.2, 0.25) is 0 Å². The summed E-state index contributed by atoms with van der Waals surface area (Å²) in [5.74, 6) is -0.134. The van der Waals surface area contributed by atoms with Crippen molar-refractivity contribution in [3.8, 4) is 11.3 Å². The van der Waals surface area contributed by atoms with Gasteiger partial charge in [-0.2, -0.15) is 0 Å². The molecule has 0 unspecified atom stereocenters. The number of nitrogens with two attached hydrogens (primary N) is 1. The Morgan fingerprint density at radius 2 is 1.73 bits per heavy atom. The minimum Gasteiger partial charge on any atom is -0.380 e. The van der Waals surface area contributed by atoms with E-state index in [0.717, 1.165) is 11.1 Å². The molecule has 3 aromatic carbocycles. The van der Waals surface area contributed by atoms with Gasteiger partial charge < -0.3 is 15.8 Å². The average Bonchev–Trinajstić information content (AvgIpc) is 2.86. The first-order valence-electron chi connectivity index (χ1n) is 10.2. The molecule has 8 nitrogen and oxygen atoms in total. The second kappa shape index (κ2) is 10.3. The summed E-state index contributed by atoms with van der Waals surface area (Å²) in [7, 11) is 0. The van der Waals surface area contributed by atoms with Crippen LogP contribution in [-0.4, -0.2) is 15.9 Å². The lowest BCUT2D eigenvalue weighted by atomic mass is 10.1. The first kappa shape index (κ1) is 21.8. The number of hydrogen-bond acceptors (Lipinski definition) is 7. The normalized spacial score (nSPS) is 10.5. The molecule has 0 aliphatic rings. The van der Waals surface area contributed by atoms with Gasteiger partial charge in [0.25, 0.3) is 5.91 Å². The quantitative estimate of drug-likeness (QED) is 0.295. The lowest BCUT2D eigenvalue weighted by Gasteiger charge is -2.09. The van der Waals surface area contributed by atoms with Crippen LogP contribution in [0.3, 0.4) is 0 Å². The second-order valence-electron chi connectivity index (χ2n) is 7.29. The number of nitrogens with zero attached hydrogens (tertiary/aromatic N) is 3. The SMILES string of the molecule is N=Nc1nc(-c2cccc(C(=O)Nc3ccc(COCc4ccccc4)cc3)c2)cnc1N.[HH].[HH]. The summed E-state index contributed by atoms with van der Waals surface area (Å²) in [6, 6.07) is 24.5. The third kappa shape index (κ3) is 5.63. The standard InChI is InChI=1S/C25H22N6O2.2H2/c26-23-24(31-27)30-22(14-28-23)19-7-4-8-20(13-19)25(32)29-21-11-9-18(10-12-21)16-33-15-17-5-2-1-3-6-17;;/h1-14,27H,15-16H2,(H2,26,28)(H,29,32);2*1H. The van der Waals surface area contributed by atoms with Gasteiger partial charge in [0.2, 0.25) is 5.82 Å². The van der Waals surface area contributed by atoms with Crippen LogP contribution in [0, 0.1) is 5.53 Å². The molecule has 4 aromatic rings. The summed E-state index contributed by atoms with van der Waals surface area (Å²) >= 11 is 0. The summed E-state index contributed by atoms with van der Waals surface area (Å²) in [5.41, 5.74) is 17.2. The fraction of sp³-hybridized carbons (Fsp3) is 0.0800. The van der Waals surface area contributed by atoms with E-state index in [1.807, 2.05) is 54.6 Å². The monoisotopic (exact) mass is 442 g/mol. The van der Waals surface area contributed by atoms with E-state index < -0.39 is 0 Å². The van der Waals surface area contributed by atoms with Gasteiger partial charge in [0.05, 0.1) is 25.1 Å². The Hall–Kier alpha value is -4.43. The van der Waals surface area contributed by atoms with Crippen molar-refractivity contribution in [2.45, 2.75) is 13.2 Å². The van der Waals surface area contributed by atoms with Crippen molar-refractivity contribution in [1.29, 1.82) is 5.53 Å². The van der Waals surface area contributed by atoms with Gasteiger partial charge in [-0.1, -0.05) is 54.6 Å². The van der Waals surface area contributed by atoms with E-state index in [-0.39, 0.29) is 20.4 Å². The molecular weight excluding hydrogens is 416 g/mol. The van der Waals surface area contributed by atoms with Crippen LogP contribution in [-0.2, 0) is 18.0 Å². The van der Waals surface area contributed by atoms with Crippen LogP contribution in [0.15, 0.2) is 90.2 Å². The molecule has 168 valence electrons. The number of anilines is 2. The van der Waals surface area contributed by atoms with Gasteiger partial charge in [0.15, 0.2) is 5.82 Å². The molecule has 4 rings (SSSR count). The van der Waals surface area contributed by atoms with E-state index in [0.29, 0.717) is 35.7 Å². The molecule has 0 saturated heterocycles. The molecule has 0 radical (unpaired) electrons. The van der Waals surface area contributed by atoms with E-state index in [1.165, 1.54) is 6.20 Å². The Bertz CT molecular complexity index is 1270. The number of hydrogen-bond donors (Lipinski definition) is 3. The predicted octanol–water partition coefficient (Wildman–Crippen LogP) is 5.85. The highest BCUT2D eigenvalue weighted by Crippen LogP contribution is 2.24. The number of nitrogen functional groups attached to an aromatic ring is 1. The number of carbonyl (C=O) groups is 1. The minimum atomic E-state index is -0.251. The Morgan fingerprint density at radius 1 is 1.00 bits per heavy atom. The van der Waals surface area contributed by atoms with Crippen molar-refractivity contribution in [2.75, 3.05) is 11.1 Å². The van der Waals surface area contributed by atoms with Crippen LogP contribution >= 0.6 is 0 Å². The first-order chi connectivity index (χ1) is 16.1. The number of aromatic nitrogens is 2. The average molecular weight is 443 g/mol. The number of carbonyl (C=O) groups excluding carboxylic acids is 1. The zero-order valence-electron chi connectivity index (χ0n) is 17.7. The smallest absolute Gasteiger partial charge is 0.255 e. The van der Waals surface area contributed by atoms with Crippen LogP contribution in [0.1, 0.15) is 24.3 Å². The highest BCUT2D eigenvalue weighted by molar-refractivity contribution is 6.04. The second-order valence-corrected chi connectivity index (χ2v) is 7.29. The van der Waals surface area contributed by atoms with Crippen LogP contribution in [0.5, 0.6) is 0 Å². The Morgan fingerprint density at radius 3 is 2.45 bits per heavy atom. The van der Waals surface area contributed by atoms with Gasteiger partial charge in [-0.3, -0.25) is 4.79 Å². The molecule has 1 aromatic heterocycles. The fourth-order valence-electron chi connectivity index (χ4n) is 3.18. The molecule has 0 aliphatic carbocycles. The largest absolute Gasteiger partial charge is 0.380 e. The van der Waals surface area contributed by atoms with Gasteiger partial charge in [0, 0.05) is 19.7 Å². The molecule has 1 amide bonds. The van der Waals surface area contributed by atoms with Crippen molar-refractivity contribution in [1.82, 2.24) is 9.97 Å². The predicted molar refractivity (Wildman–Crippen MR) is 130 cm³/mol. The molecule has 4 N–H and O–H groups in total. The van der Waals surface area contributed by atoms with Crippen molar-refractivity contribution < 1.29 is 12.4 Å². The van der Waals surface area contributed by atoms with E-state index >= 15 is 0 Å². The molecule has 8 heteroatoms. The fourth-order valence-corrected chi connectivity index (χ4v) is 3.18. The van der Waals surface area contributed by atoms with Crippen LogP contribution in [0.4, 0.5) is 17.3 Å². The lowest BCUT2D eigenvalue weighted by Crippen LogP contribution is -2.12. The zero-order valence-corrected chi connectivity index (χ0v) is 17.7. The van der Waals surface area contributed by atoms with Gasteiger partial charge in [-0.15, -0.1) is 5.11 Å². The molecular formula is C25H26N6O2. The number of ether oxygens (including phenoxy) is 1. The first-order valence-corrected chi connectivity index (χ1v) is 10.2. The van der Waals surface area contributed by atoms with Gasteiger partial charge in [-0.05, 0) is 35.4 Å². The van der Waals surface area contributed by atoms with Crippen LogP contribution in [0.25, 0.3) is 11.3 Å². The molecule has 0 fully saturated rings. The highest BCUT2D eigenvalue weighted by atomic mass is 16.5. The Labute approximate surface area is 194 Å². The maximum Gasteiger partial charge on any atom is 0.255 e. The maximum absolute atomic E-state index is 12.7. The number of benzene rings is 3.